The van der Waals surface area contributed by atoms with Crippen LogP contribution < -0.4 is 10.6 Å². The van der Waals surface area contributed by atoms with E-state index in [0.717, 1.165) is 0 Å². The van der Waals surface area contributed by atoms with Crippen LogP contribution in [0.25, 0.3) is 0 Å². The summed E-state index contributed by atoms with van der Waals surface area (Å²) in [5.41, 5.74) is 0. The van der Waals surface area contributed by atoms with E-state index < -0.39 is 18.1 Å². The van der Waals surface area contributed by atoms with E-state index in [1.165, 1.54) is 19.1 Å². The Morgan fingerprint density at radius 1 is 1.20 bits per heavy atom. The van der Waals surface area contributed by atoms with Gasteiger partial charge in [0, 0.05) is 20.7 Å². The molecular weight excluding hydrogens is 266 g/mol. The van der Waals surface area contributed by atoms with E-state index in [1.54, 1.807) is 0 Å². The maximum Gasteiger partial charge on any atom is 0.334 e. The van der Waals surface area contributed by atoms with E-state index in [-0.39, 0.29) is 19.0 Å². The molecule has 0 rings (SSSR count). The minimum atomic E-state index is -1.16. The Kier molecular flexibility index (Phi) is 8.30. The lowest BCUT2D eigenvalue weighted by Gasteiger charge is -2.19. The fraction of sp³-hybridized carbons (Fsp3) is 0.750. The lowest BCUT2D eigenvalue weighted by atomic mass is 10.2. The summed E-state index contributed by atoms with van der Waals surface area (Å²) in [5.74, 6) is -1.10. The van der Waals surface area contributed by atoms with Gasteiger partial charge in [-0.3, -0.25) is 4.79 Å². The number of nitrogens with one attached hydrogen (secondary N) is 2. The standard InChI is InChI=1S/C12H23N3O5/c1-8(2)5-13-10(16)7-15(3)12(19)14-6-9(20-4)11(17)18/h8-9H,5-7H2,1-4H3,(H,13,16)(H,14,19)(H,17,18). The minimum absolute atomic E-state index is 0.0940. The van der Waals surface area contributed by atoms with Crippen molar-refractivity contribution < 1.29 is 24.2 Å². The molecule has 0 spiro atoms. The van der Waals surface area contributed by atoms with Crippen molar-refractivity contribution in [1.29, 1.82) is 0 Å². The number of amides is 3. The second-order valence-electron chi connectivity index (χ2n) is 4.80. The zero-order valence-electron chi connectivity index (χ0n) is 12.3. The number of likely N-dealkylation sites (N-methyl/N-ethyl adjacent to an activating group) is 1. The molecule has 0 aliphatic carbocycles. The number of carbonyl (C=O) groups is 3. The number of hydrogen-bond acceptors (Lipinski definition) is 4. The quantitative estimate of drug-likeness (QED) is 0.558. The van der Waals surface area contributed by atoms with Crippen molar-refractivity contribution in [3.63, 3.8) is 0 Å². The van der Waals surface area contributed by atoms with Gasteiger partial charge in [0.15, 0.2) is 6.10 Å². The minimum Gasteiger partial charge on any atom is -0.479 e. The van der Waals surface area contributed by atoms with Crippen LogP contribution in [0.5, 0.6) is 0 Å². The van der Waals surface area contributed by atoms with Crippen molar-refractivity contribution in [3.05, 3.63) is 0 Å². The molecule has 0 saturated carbocycles. The maximum atomic E-state index is 11.6. The third-order valence-corrected chi connectivity index (χ3v) is 2.43. The third kappa shape index (κ3) is 7.57. The highest BCUT2D eigenvalue weighted by Crippen LogP contribution is 1.91. The number of rotatable bonds is 8. The number of nitrogens with zero attached hydrogens (tertiary/aromatic N) is 1. The Labute approximate surface area is 118 Å². The number of carboxylic acid groups (broad SMARTS) is 1. The van der Waals surface area contributed by atoms with Gasteiger partial charge >= 0.3 is 12.0 Å². The number of methoxy groups -OCH3 is 1. The molecule has 3 N–H and O–H groups in total. The molecule has 0 fully saturated rings. The number of ether oxygens (including phenoxy) is 1. The van der Waals surface area contributed by atoms with Crippen LogP contribution in [0, 0.1) is 5.92 Å². The predicted octanol–water partition coefficient (Wildman–Crippen LogP) is -0.500. The zero-order chi connectivity index (χ0) is 15.7. The smallest absolute Gasteiger partial charge is 0.334 e. The van der Waals surface area contributed by atoms with Gasteiger partial charge in [-0.25, -0.2) is 9.59 Å². The van der Waals surface area contributed by atoms with E-state index >= 15 is 0 Å². The number of carboxylic acids is 1. The molecule has 8 heteroatoms. The van der Waals surface area contributed by atoms with Crippen molar-refractivity contribution in [1.82, 2.24) is 15.5 Å². The third-order valence-electron chi connectivity index (χ3n) is 2.43. The fourth-order valence-corrected chi connectivity index (χ4v) is 1.25. The Balaban J connectivity index is 4.09. The van der Waals surface area contributed by atoms with Gasteiger partial charge in [0.1, 0.15) is 6.54 Å². The van der Waals surface area contributed by atoms with E-state index in [1.807, 2.05) is 13.8 Å². The summed E-state index contributed by atoms with van der Waals surface area (Å²) in [5, 5.41) is 13.8. The molecule has 0 saturated heterocycles. The lowest BCUT2D eigenvalue weighted by molar-refractivity contribution is -0.148. The van der Waals surface area contributed by atoms with Crippen molar-refractivity contribution >= 4 is 17.9 Å². The summed E-state index contributed by atoms with van der Waals surface area (Å²) in [6.45, 7) is 4.21. The van der Waals surface area contributed by atoms with Gasteiger partial charge in [0.05, 0.1) is 6.54 Å². The molecule has 0 aliphatic heterocycles. The Morgan fingerprint density at radius 3 is 2.25 bits per heavy atom. The van der Waals surface area contributed by atoms with E-state index in [2.05, 4.69) is 15.4 Å². The van der Waals surface area contributed by atoms with Gasteiger partial charge in [0.25, 0.3) is 0 Å². The number of urea groups is 1. The topological polar surface area (TPSA) is 108 Å². The summed E-state index contributed by atoms with van der Waals surface area (Å²) < 4.78 is 4.68. The molecule has 8 nitrogen and oxygen atoms in total. The van der Waals surface area contributed by atoms with Gasteiger partial charge in [-0.1, -0.05) is 13.8 Å². The van der Waals surface area contributed by atoms with Crippen molar-refractivity contribution in [3.8, 4) is 0 Å². The van der Waals surface area contributed by atoms with Gasteiger partial charge in [-0.05, 0) is 5.92 Å². The van der Waals surface area contributed by atoms with Crippen molar-refractivity contribution in [2.75, 3.05) is 33.8 Å². The molecular formula is C12H23N3O5. The second-order valence-corrected chi connectivity index (χ2v) is 4.80. The lowest BCUT2D eigenvalue weighted by Crippen LogP contribution is -2.46. The Hall–Kier alpha value is -1.83. The molecule has 0 aliphatic rings. The first-order valence-corrected chi connectivity index (χ1v) is 6.29. The first kappa shape index (κ1) is 18.2. The number of hydrogen-bond donors (Lipinski definition) is 3. The van der Waals surface area contributed by atoms with Crippen LogP contribution in [0.2, 0.25) is 0 Å². The molecule has 1 atom stereocenters. The highest BCUT2D eigenvalue weighted by molar-refractivity contribution is 5.84. The summed E-state index contributed by atoms with van der Waals surface area (Å²) in [6.07, 6.45) is -1.11. The summed E-state index contributed by atoms with van der Waals surface area (Å²) in [7, 11) is 2.70. The molecule has 0 heterocycles. The van der Waals surface area contributed by atoms with E-state index in [9.17, 15) is 14.4 Å². The van der Waals surface area contributed by atoms with Crippen LogP contribution in [0.3, 0.4) is 0 Å². The van der Waals surface area contributed by atoms with Crippen LogP contribution >= 0.6 is 0 Å². The van der Waals surface area contributed by atoms with Crippen LogP contribution in [-0.2, 0) is 14.3 Å². The largest absolute Gasteiger partial charge is 0.479 e. The van der Waals surface area contributed by atoms with Crippen LogP contribution in [-0.4, -0.2) is 67.8 Å². The van der Waals surface area contributed by atoms with Crippen LogP contribution in [0.1, 0.15) is 13.8 Å². The van der Waals surface area contributed by atoms with Crippen molar-refractivity contribution in [2.45, 2.75) is 20.0 Å². The van der Waals surface area contributed by atoms with E-state index in [4.69, 9.17) is 5.11 Å². The molecule has 0 radical (unpaired) electrons. The van der Waals surface area contributed by atoms with Crippen LogP contribution in [0.15, 0.2) is 0 Å². The average molecular weight is 289 g/mol. The van der Waals surface area contributed by atoms with Gasteiger partial charge in [0.2, 0.25) is 5.91 Å². The van der Waals surface area contributed by atoms with E-state index in [0.29, 0.717) is 12.5 Å². The molecule has 20 heavy (non-hydrogen) atoms. The van der Waals surface area contributed by atoms with Crippen molar-refractivity contribution in [2.24, 2.45) is 5.92 Å². The predicted molar refractivity (Wildman–Crippen MR) is 72.3 cm³/mol. The first-order valence-electron chi connectivity index (χ1n) is 6.29. The van der Waals surface area contributed by atoms with Gasteiger partial charge in [-0.15, -0.1) is 0 Å². The fourth-order valence-electron chi connectivity index (χ4n) is 1.25. The highest BCUT2D eigenvalue weighted by atomic mass is 16.5. The molecule has 0 bridgehead atoms. The molecule has 0 aromatic carbocycles. The van der Waals surface area contributed by atoms with Crippen LogP contribution in [0.4, 0.5) is 4.79 Å². The molecule has 0 aromatic rings. The monoisotopic (exact) mass is 289 g/mol. The first-order chi connectivity index (χ1) is 9.27. The molecule has 1 unspecified atom stereocenters. The summed E-state index contributed by atoms with van der Waals surface area (Å²) in [4.78, 5) is 35.0. The molecule has 0 aromatic heterocycles. The molecule has 3 amide bonds. The SMILES string of the molecule is COC(CNC(=O)N(C)CC(=O)NCC(C)C)C(=O)O. The number of carbonyl (C=O) groups excluding carboxylic acids is 2. The molecule has 116 valence electrons. The van der Waals surface area contributed by atoms with Gasteiger partial charge < -0.3 is 25.4 Å². The normalized spacial score (nSPS) is 11.8. The summed E-state index contributed by atoms with van der Waals surface area (Å²) in [6, 6.07) is -0.534. The summed E-state index contributed by atoms with van der Waals surface area (Å²) >= 11 is 0. The second kappa shape index (κ2) is 9.13. The Bertz CT molecular complexity index is 346. The van der Waals surface area contributed by atoms with Gasteiger partial charge in [-0.2, -0.15) is 0 Å². The zero-order valence-corrected chi connectivity index (χ0v) is 12.3. The number of aliphatic carboxylic acids is 1. The average Bonchev–Trinajstić information content (AvgIpc) is 2.36. The highest BCUT2D eigenvalue weighted by Gasteiger charge is 2.19. The maximum absolute atomic E-state index is 11.6. The Morgan fingerprint density at radius 2 is 1.80 bits per heavy atom.